The van der Waals surface area contributed by atoms with Crippen LogP contribution in [-0.4, -0.2) is 53.5 Å². The van der Waals surface area contributed by atoms with Gasteiger partial charge >= 0.3 is 0 Å². The Balaban J connectivity index is 1.63. The lowest BCUT2D eigenvalue weighted by Gasteiger charge is -2.43. The van der Waals surface area contributed by atoms with Crippen molar-refractivity contribution < 1.29 is 4.79 Å². The summed E-state index contributed by atoms with van der Waals surface area (Å²) in [5.74, 6) is 0.382. The van der Waals surface area contributed by atoms with Crippen molar-refractivity contribution in [3.8, 4) is 0 Å². The highest BCUT2D eigenvalue weighted by atomic mass is 16.2. The highest BCUT2D eigenvalue weighted by Crippen LogP contribution is 2.34. The minimum atomic E-state index is -0.296. The van der Waals surface area contributed by atoms with E-state index in [0.29, 0.717) is 11.9 Å². The van der Waals surface area contributed by atoms with Crippen molar-refractivity contribution in [2.45, 2.75) is 69.9 Å². The Bertz CT molecular complexity index is 376. The predicted molar refractivity (Wildman–Crippen MR) is 85.0 cm³/mol. The molecule has 4 nitrogen and oxygen atoms in total. The molecule has 0 aromatic carbocycles. The van der Waals surface area contributed by atoms with Crippen LogP contribution in [-0.2, 0) is 4.79 Å². The van der Waals surface area contributed by atoms with Crippen LogP contribution in [0.3, 0.4) is 0 Å². The molecular formula is C17H31N3O. The van der Waals surface area contributed by atoms with Gasteiger partial charge in [-0.15, -0.1) is 0 Å². The van der Waals surface area contributed by atoms with Gasteiger partial charge in [-0.1, -0.05) is 12.8 Å². The van der Waals surface area contributed by atoms with Gasteiger partial charge in [0.1, 0.15) is 0 Å². The van der Waals surface area contributed by atoms with Gasteiger partial charge in [0.2, 0.25) is 5.91 Å². The summed E-state index contributed by atoms with van der Waals surface area (Å²) in [6.45, 7) is 6.41. The molecule has 1 saturated carbocycles. The largest absolute Gasteiger partial charge is 0.341 e. The maximum atomic E-state index is 13.0. The molecule has 0 bridgehead atoms. The molecule has 4 heteroatoms. The number of likely N-dealkylation sites (tertiary alicyclic amines) is 2. The summed E-state index contributed by atoms with van der Waals surface area (Å²) in [5.41, 5.74) is 6.13. The number of nitrogens with zero attached hydrogens (tertiary/aromatic N) is 2. The monoisotopic (exact) mass is 293 g/mol. The quantitative estimate of drug-likeness (QED) is 0.847. The van der Waals surface area contributed by atoms with Gasteiger partial charge in [0, 0.05) is 24.7 Å². The van der Waals surface area contributed by atoms with Crippen LogP contribution in [0.4, 0.5) is 0 Å². The molecule has 0 spiro atoms. The Hall–Kier alpha value is -0.610. The fourth-order valence-corrected chi connectivity index (χ4v) is 4.54. The zero-order valence-electron chi connectivity index (χ0n) is 13.5. The van der Waals surface area contributed by atoms with E-state index >= 15 is 0 Å². The lowest BCUT2D eigenvalue weighted by molar-refractivity contribution is -0.141. The number of piperidine rings is 1. The van der Waals surface area contributed by atoms with Gasteiger partial charge in [0.05, 0.1) is 5.92 Å². The molecule has 2 saturated heterocycles. The van der Waals surface area contributed by atoms with E-state index in [9.17, 15) is 4.79 Å². The third-order valence-corrected chi connectivity index (χ3v) is 5.92. The van der Waals surface area contributed by atoms with Crippen LogP contribution in [0, 0.1) is 5.92 Å². The van der Waals surface area contributed by atoms with Gasteiger partial charge in [-0.2, -0.15) is 0 Å². The summed E-state index contributed by atoms with van der Waals surface area (Å²) in [4.78, 5) is 17.7. The van der Waals surface area contributed by atoms with Crippen molar-refractivity contribution >= 4 is 5.91 Å². The van der Waals surface area contributed by atoms with Crippen LogP contribution >= 0.6 is 0 Å². The summed E-state index contributed by atoms with van der Waals surface area (Å²) in [6, 6.07) is 0.595. The van der Waals surface area contributed by atoms with Crippen LogP contribution in [0.15, 0.2) is 0 Å². The second-order valence-electron chi connectivity index (χ2n) is 7.63. The van der Waals surface area contributed by atoms with Crippen molar-refractivity contribution in [2.75, 3.05) is 26.2 Å². The average molecular weight is 293 g/mol. The SMILES string of the molecule is CC1(N)CCCCC1C(=O)N1CCCC(N2CCCC2)C1. The number of nitrogens with two attached hydrogens (primary N) is 1. The first-order valence-electron chi connectivity index (χ1n) is 8.90. The molecule has 0 aromatic rings. The molecule has 3 atom stereocenters. The molecule has 3 rings (SSSR count). The molecular weight excluding hydrogens is 262 g/mol. The fourth-order valence-electron chi connectivity index (χ4n) is 4.54. The Morgan fingerprint density at radius 2 is 1.81 bits per heavy atom. The zero-order valence-corrected chi connectivity index (χ0v) is 13.5. The van der Waals surface area contributed by atoms with Gasteiger partial charge in [-0.3, -0.25) is 9.69 Å². The van der Waals surface area contributed by atoms with Crippen molar-refractivity contribution in [2.24, 2.45) is 11.7 Å². The van der Waals surface area contributed by atoms with Crippen LogP contribution in [0.1, 0.15) is 58.3 Å². The Kier molecular flexibility index (Phi) is 4.55. The number of carbonyl (C=O) groups is 1. The third-order valence-electron chi connectivity index (χ3n) is 5.92. The average Bonchev–Trinajstić information content (AvgIpc) is 3.00. The Morgan fingerprint density at radius 1 is 1.05 bits per heavy atom. The van der Waals surface area contributed by atoms with E-state index in [-0.39, 0.29) is 11.5 Å². The standard InChI is InChI=1S/C17H31N3O/c1-17(18)9-3-2-8-15(17)16(21)20-12-6-7-14(13-20)19-10-4-5-11-19/h14-15H,2-13,18H2,1H3. The smallest absolute Gasteiger partial charge is 0.227 e. The Morgan fingerprint density at radius 3 is 2.52 bits per heavy atom. The number of carbonyl (C=O) groups excluding carboxylic acids is 1. The molecule has 21 heavy (non-hydrogen) atoms. The first-order chi connectivity index (χ1) is 10.1. The number of hydrogen-bond donors (Lipinski definition) is 1. The molecule has 3 aliphatic rings. The van der Waals surface area contributed by atoms with Gasteiger partial charge in [-0.05, 0) is 58.5 Å². The van der Waals surface area contributed by atoms with Crippen molar-refractivity contribution in [1.82, 2.24) is 9.80 Å². The second kappa shape index (κ2) is 6.25. The van der Waals surface area contributed by atoms with E-state index in [1.807, 2.05) is 0 Å². The molecule has 0 aromatic heterocycles. The first-order valence-corrected chi connectivity index (χ1v) is 8.90. The normalized spacial score (nSPS) is 38.7. The van der Waals surface area contributed by atoms with Gasteiger partial charge in [0.15, 0.2) is 0 Å². The van der Waals surface area contributed by atoms with E-state index in [1.54, 1.807) is 0 Å². The minimum Gasteiger partial charge on any atom is -0.341 e. The van der Waals surface area contributed by atoms with Gasteiger partial charge in [0.25, 0.3) is 0 Å². The number of amides is 1. The van der Waals surface area contributed by atoms with Crippen molar-refractivity contribution in [3.05, 3.63) is 0 Å². The lowest BCUT2D eigenvalue weighted by atomic mass is 9.73. The molecule has 2 aliphatic heterocycles. The number of hydrogen-bond acceptors (Lipinski definition) is 3. The Labute approximate surface area is 129 Å². The maximum Gasteiger partial charge on any atom is 0.227 e. The highest BCUT2D eigenvalue weighted by Gasteiger charge is 2.41. The maximum absolute atomic E-state index is 13.0. The molecule has 2 heterocycles. The topological polar surface area (TPSA) is 49.6 Å². The van der Waals surface area contributed by atoms with E-state index in [1.165, 1.54) is 38.8 Å². The molecule has 1 amide bonds. The molecule has 3 unspecified atom stereocenters. The molecule has 1 aliphatic carbocycles. The summed E-state index contributed by atoms with van der Waals surface area (Å²) < 4.78 is 0. The summed E-state index contributed by atoms with van der Waals surface area (Å²) in [6.07, 6.45) is 9.38. The van der Waals surface area contributed by atoms with E-state index in [0.717, 1.165) is 38.8 Å². The van der Waals surface area contributed by atoms with Gasteiger partial charge in [-0.25, -0.2) is 0 Å². The third kappa shape index (κ3) is 3.26. The van der Waals surface area contributed by atoms with Crippen LogP contribution in [0.25, 0.3) is 0 Å². The minimum absolute atomic E-state index is 0.0450. The molecule has 120 valence electrons. The highest BCUT2D eigenvalue weighted by molar-refractivity contribution is 5.80. The van der Waals surface area contributed by atoms with Crippen molar-refractivity contribution in [1.29, 1.82) is 0 Å². The molecule has 0 radical (unpaired) electrons. The van der Waals surface area contributed by atoms with E-state index < -0.39 is 0 Å². The lowest BCUT2D eigenvalue weighted by Crippen LogP contribution is -2.57. The summed E-state index contributed by atoms with van der Waals surface area (Å²) in [7, 11) is 0. The van der Waals surface area contributed by atoms with Crippen LogP contribution in [0.2, 0.25) is 0 Å². The van der Waals surface area contributed by atoms with E-state index in [4.69, 9.17) is 5.73 Å². The van der Waals surface area contributed by atoms with Crippen LogP contribution < -0.4 is 5.73 Å². The van der Waals surface area contributed by atoms with Gasteiger partial charge < -0.3 is 10.6 Å². The fraction of sp³-hybridized carbons (Fsp3) is 0.941. The van der Waals surface area contributed by atoms with Crippen LogP contribution in [0.5, 0.6) is 0 Å². The summed E-state index contributed by atoms with van der Waals surface area (Å²) in [5, 5.41) is 0. The molecule has 2 N–H and O–H groups in total. The van der Waals surface area contributed by atoms with Crippen molar-refractivity contribution in [3.63, 3.8) is 0 Å². The first kappa shape index (κ1) is 15.3. The zero-order chi connectivity index (χ0) is 14.9. The van der Waals surface area contributed by atoms with E-state index in [2.05, 4.69) is 16.7 Å². The number of rotatable bonds is 2. The predicted octanol–water partition coefficient (Wildman–Crippen LogP) is 1.98. The summed E-state index contributed by atoms with van der Waals surface area (Å²) >= 11 is 0. The second-order valence-corrected chi connectivity index (χ2v) is 7.63. The molecule has 3 fully saturated rings.